The quantitative estimate of drug-likeness (QED) is 0.921. The van der Waals surface area contributed by atoms with E-state index in [1.807, 2.05) is 35.9 Å². The van der Waals surface area contributed by atoms with Crippen LogP contribution in [0.1, 0.15) is 31.5 Å². The molecular weight excluding hydrogens is 274 g/mol. The van der Waals surface area contributed by atoms with Crippen molar-refractivity contribution < 1.29 is 0 Å². The zero-order valence-corrected chi connectivity index (χ0v) is 12.7. The predicted octanol–water partition coefficient (Wildman–Crippen LogP) is 2.91. The van der Waals surface area contributed by atoms with Crippen LogP contribution in [0, 0.1) is 0 Å². The van der Waals surface area contributed by atoms with Gasteiger partial charge in [-0.1, -0.05) is 43.1 Å². The minimum Gasteiger partial charge on any atom is -0.393 e. The summed E-state index contributed by atoms with van der Waals surface area (Å²) in [7, 11) is 0. The van der Waals surface area contributed by atoms with E-state index in [9.17, 15) is 4.79 Å². The van der Waals surface area contributed by atoms with Crippen molar-refractivity contribution in [2.75, 3.05) is 5.73 Å². The molecule has 5 heteroatoms. The summed E-state index contributed by atoms with van der Waals surface area (Å²) in [5, 5.41) is 0.666. The molecular formula is C15H20ClN3O. The van der Waals surface area contributed by atoms with Gasteiger partial charge in [-0.15, -0.1) is 0 Å². The Kier molecular flexibility index (Phi) is 4.55. The molecule has 0 spiro atoms. The van der Waals surface area contributed by atoms with E-state index in [2.05, 4.69) is 6.92 Å². The van der Waals surface area contributed by atoms with E-state index >= 15 is 0 Å². The van der Waals surface area contributed by atoms with E-state index in [4.69, 9.17) is 17.3 Å². The second-order valence-electron chi connectivity index (χ2n) is 4.78. The van der Waals surface area contributed by atoms with Gasteiger partial charge in [0.15, 0.2) is 0 Å². The molecule has 0 unspecified atom stereocenters. The standard InChI is InChI=1S/C15H20ClN3O/c1-3-7-13-14(17)15(20)19(18(13)4-2)10-11-8-5-6-9-12(11)16/h5-6,8-9H,3-4,7,10,17H2,1-2H3. The molecule has 0 atom stereocenters. The van der Waals surface area contributed by atoms with Crippen molar-refractivity contribution in [1.29, 1.82) is 0 Å². The molecule has 2 N–H and O–H groups in total. The minimum atomic E-state index is -0.129. The summed E-state index contributed by atoms with van der Waals surface area (Å²) in [5.74, 6) is 0. The van der Waals surface area contributed by atoms with Crippen molar-refractivity contribution >= 4 is 17.3 Å². The van der Waals surface area contributed by atoms with Crippen LogP contribution in [-0.4, -0.2) is 9.36 Å². The second-order valence-corrected chi connectivity index (χ2v) is 5.19. The maximum atomic E-state index is 12.3. The number of benzene rings is 1. The maximum Gasteiger partial charge on any atom is 0.290 e. The molecule has 2 rings (SSSR count). The van der Waals surface area contributed by atoms with Crippen LogP contribution in [-0.2, 0) is 19.5 Å². The number of halogens is 1. The van der Waals surface area contributed by atoms with Gasteiger partial charge in [0.2, 0.25) is 0 Å². The van der Waals surface area contributed by atoms with Crippen molar-refractivity contribution in [3.63, 3.8) is 0 Å². The third kappa shape index (κ3) is 2.61. The first-order chi connectivity index (χ1) is 9.60. The fourth-order valence-corrected chi connectivity index (χ4v) is 2.66. The molecule has 0 aliphatic carbocycles. The molecule has 1 heterocycles. The van der Waals surface area contributed by atoms with Gasteiger partial charge in [0.05, 0.1) is 12.2 Å². The van der Waals surface area contributed by atoms with Gasteiger partial charge < -0.3 is 5.73 Å². The topological polar surface area (TPSA) is 53.0 Å². The Hall–Kier alpha value is -1.68. The molecule has 0 saturated carbocycles. The third-order valence-corrected chi connectivity index (χ3v) is 3.81. The van der Waals surface area contributed by atoms with Gasteiger partial charge in [0, 0.05) is 11.6 Å². The Morgan fingerprint density at radius 3 is 2.50 bits per heavy atom. The van der Waals surface area contributed by atoms with Gasteiger partial charge in [-0.3, -0.25) is 9.48 Å². The first kappa shape index (κ1) is 14.7. The number of rotatable bonds is 5. The van der Waals surface area contributed by atoms with Gasteiger partial charge in [-0.25, -0.2) is 4.68 Å². The Balaban J connectivity index is 2.49. The molecule has 0 saturated heterocycles. The molecule has 4 nitrogen and oxygen atoms in total. The van der Waals surface area contributed by atoms with Crippen LogP contribution in [0.5, 0.6) is 0 Å². The van der Waals surface area contributed by atoms with Crippen LogP contribution in [0.4, 0.5) is 5.69 Å². The first-order valence-electron chi connectivity index (χ1n) is 6.91. The van der Waals surface area contributed by atoms with Crippen molar-refractivity contribution in [2.45, 2.75) is 39.8 Å². The molecule has 0 aliphatic rings. The average Bonchev–Trinajstić information content (AvgIpc) is 2.67. The lowest BCUT2D eigenvalue weighted by atomic mass is 10.2. The Bertz CT molecular complexity index is 658. The molecule has 1 aromatic carbocycles. The molecule has 0 amide bonds. The van der Waals surface area contributed by atoms with Crippen molar-refractivity contribution in [3.05, 3.63) is 50.9 Å². The summed E-state index contributed by atoms with van der Waals surface area (Å²) in [6.07, 6.45) is 1.77. The van der Waals surface area contributed by atoms with Crippen LogP contribution in [0.15, 0.2) is 29.1 Å². The molecule has 0 aliphatic heterocycles. The van der Waals surface area contributed by atoms with E-state index < -0.39 is 0 Å². The number of hydrogen-bond donors (Lipinski definition) is 1. The van der Waals surface area contributed by atoms with E-state index in [0.29, 0.717) is 23.8 Å². The molecule has 2 aromatic rings. The average molecular weight is 294 g/mol. The van der Waals surface area contributed by atoms with Crippen LogP contribution >= 0.6 is 11.6 Å². The van der Waals surface area contributed by atoms with Crippen molar-refractivity contribution in [1.82, 2.24) is 9.36 Å². The smallest absolute Gasteiger partial charge is 0.290 e. The highest BCUT2D eigenvalue weighted by Gasteiger charge is 2.16. The highest BCUT2D eigenvalue weighted by atomic mass is 35.5. The SMILES string of the molecule is CCCc1c(N)c(=O)n(Cc2ccccc2Cl)n1CC. The molecule has 0 radical (unpaired) electrons. The zero-order chi connectivity index (χ0) is 14.7. The lowest BCUT2D eigenvalue weighted by Gasteiger charge is -2.13. The summed E-state index contributed by atoms with van der Waals surface area (Å²) < 4.78 is 3.64. The lowest BCUT2D eigenvalue weighted by molar-refractivity contribution is 0.471. The predicted molar refractivity (Wildman–Crippen MR) is 83.3 cm³/mol. The van der Waals surface area contributed by atoms with Gasteiger partial charge in [-0.2, -0.15) is 0 Å². The number of nitrogens with two attached hydrogens (primary N) is 1. The van der Waals surface area contributed by atoms with E-state index in [0.717, 1.165) is 24.1 Å². The number of nitrogen functional groups attached to an aromatic ring is 1. The number of anilines is 1. The zero-order valence-electron chi connectivity index (χ0n) is 11.9. The van der Waals surface area contributed by atoms with Gasteiger partial charge >= 0.3 is 0 Å². The van der Waals surface area contributed by atoms with Crippen molar-refractivity contribution in [2.24, 2.45) is 0 Å². The number of hydrogen-bond acceptors (Lipinski definition) is 2. The molecule has 0 bridgehead atoms. The number of aromatic nitrogens is 2. The van der Waals surface area contributed by atoms with Gasteiger partial charge in [0.1, 0.15) is 5.69 Å². The van der Waals surface area contributed by atoms with Gasteiger partial charge in [-0.05, 0) is 25.0 Å². The molecule has 1 aromatic heterocycles. The summed E-state index contributed by atoms with van der Waals surface area (Å²) in [4.78, 5) is 12.3. The molecule has 20 heavy (non-hydrogen) atoms. The van der Waals surface area contributed by atoms with E-state index in [1.165, 1.54) is 0 Å². The lowest BCUT2D eigenvalue weighted by Crippen LogP contribution is -2.24. The van der Waals surface area contributed by atoms with E-state index in [1.54, 1.807) is 4.68 Å². The Morgan fingerprint density at radius 1 is 1.20 bits per heavy atom. The highest BCUT2D eigenvalue weighted by Crippen LogP contribution is 2.18. The third-order valence-electron chi connectivity index (χ3n) is 3.44. The monoisotopic (exact) mass is 293 g/mol. The molecule has 108 valence electrons. The van der Waals surface area contributed by atoms with Crippen LogP contribution < -0.4 is 11.3 Å². The normalized spacial score (nSPS) is 10.9. The second kappa shape index (κ2) is 6.18. The molecule has 0 fully saturated rings. The largest absolute Gasteiger partial charge is 0.393 e. The summed E-state index contributed by atoms with van der Waals surface area (Å²) in [6.45, 7) is 5.25. The summed E-state index contributed by atoms with van der Waals surface area (Å²) >= 11 is 6.17. The maximum absolute atomic E-state index is 12.3. The minimum absolute atomic E-state index is 0.129. The highest BCUT2D eigenvalue weighted by molar-refractivity contribution is 6.31. The summed E-state index contributed by atoms with van der Waals surface area (Å²) in [6, 6.07) is 7.56. The first-order valence-corrected chi connectivity index (χ1v) is 7.29. The fourth-order valence-electron chi connectivity index (χ4n) is 2.46. The van der Waals surface area contributed by atoms with Crippen LogP contribution in [0.25, 0.3) is 0 Å². The van der Waals surface area contributed by atoms with E-state index in [-0.39, 0.29) is 5.56 Å². The number of nitrogens with zero attached hydrogens (tertiary/aromatic N) is 2. The van der Waals surface area contributed by atoms with Gasteiger partial charge in [0.25, 0.3) is 5.56 Å². The van der Waals surface area contributed by atoms with Crippen LogP contribution in [0.3, 0.4) is 0 Å². The fraction of sp³-hybridized carbons (Fsp3) is 0.400. The Morgan fingerprint density at radius 2 is 1.90 bits per heavy atom. The van der Waals surface area contributed by atoms with Crippen molar-refractivity contribution in [3.8, 4) is 0 Å². The van der Waals surface area contributed by atoms with Crippen LogP contribution in [0.2, 0.25) is 5.02 Å². The Labute approximate surface area is 123 Å². The summed E-state index contributed by atoms with van der Waals surface area (Å²) in [5.41, 5.74) is 8.05.